The van der Waals surface area contributed by atoms with E-state index in [1.807, 2.05) is 17.5 Å². The molecule has 3 rings (SSSR count). The minimum atomic E-state index is -1.06. The molecule has 0 aromatic carbocycles. The number of nitrogens with one attached hydrogen (secondary N) is 2. The molecule has 0 radical (unpaired) electrons. The molecule has 5 nitrogen and oxygen atoms in total. The van der Waals surface area contributed by atoms with Crippen LogP contribution < -0.4 is 10.6 Å². The van der Waals surface area contributed by atoms with Crippen LogP contribution in [0.2, 0.25) is 0 Å². The van der Waals surface area contributed by atoms with E-state index in [2.05, 4.69) is 16.7 Å². The van der Waals surface area contributed by atoms with Crippen molar-refractivity contribution in [3.8, 4) is 0 Å². The van der Waals surface area contributed by atoms with E-state index < -0.39 is 17.4 Å². The highest BCUT2D eigenvalue weighted by Crippen LogP contribution is 2.46. The van der Waals surface area contributed by atoms with Gasteiger partial charge in [-0.15, -0.1) is 11.3 Å². The van der Waals surface area contributed by atoms with Gasteiger partial charge in [-0.25, -0.2) is 0 Å². The SMILES string of the molecule is O=C(NCCC1=CCCCC1)C(=O)NC[C@@](O)(c1cccs1)C1CC1. The molecule has 136 valence electrons. The van der Waals surface area contributed by atoms with E-state index in [0.717, 1.165) is 37.0 Å². The van der Waals surface area contributed by atoms with Gasteiger partial charge in [0.2, 0.25) is 0 Å². The number of amides is 2. The summed E-state index contributed by atoms with van der Waals surface area (Å²) >= 11 is 1.48. The second-order valence-electron chi connectivity index (χ2n) is 6.97. The second kappa shape index (κ2) is 8.15. The molecule has 25 heavy (non-hydrogen) atoms. The number of thiophene rings is 1. The van der Waals surface area contributed by atoms with Crippen molar-refractivity contribution in [2.75, 3.05) is 13.1 Å². The van der Waals surface area contributed by atoms with E-state index in [1.165, 1.54) is 29.8 Å². The Morgan fingerprint density at radius 1 is 1.24 bits per heavy atom. The number of carbonyl (C=O) groups is 2. The molecule has 1 aromatic heterocycles. The van der Waals surface area contributed by atoms with Crippen LogP contribution in [0.4, 0.5) is 0 Å². The van der Waals surface area contributed by atoms with E-state index >= 15 is 0 Å². The fourth-order valence-electron chi connectivity index (χ4n) is 3.36. The molecule has 1 aromatic rings. The number of rotatable bonds is 7. The smallest absolute Gasteiger partial charge is 0.309 e. The third kappa shape index (κ3) is 4.70. The van der Waals surface area contributed by atoms with Crippen molar-refractivity contribution in [3.05, 3.63) is 34.0 Å². The van der Waals surface area contributed by atoms with Crippen molar-refractivity contribution in [1.29, 1.82) is 0 Å². The predicted molar refractivity (Wildman–Crippen MR) is 98.1 cm³/mol. The highest BCUT2D eigenvalue weighted by Gasteiger charge is 2.46. The van der Waals surface area contributed by atoms with Gasteiger partial charge in [-0.05, 0) is 62.3 Å². The zero-order chi connectivity index (χ0) is 17.7. The van der Waals surface area contributed by atoms with Crippen molar-refractivity contribution in [1.82, 2.24) is 10.6 Å². The summed E-state index contributed by atoms with van der Waals surface area (Å²) in [4.78, 5) is 24.8. The predicted octanol–water partition coefficient (Wildman–Crippen LogP) is 2.47. The Labute approximate surface area is 152 Å². The molecule has 1 heterocycles. The van der Waals surface area contributed by atoms with Crippen LogP contribution in [0.25, 0.3) is 0 Å². The molecular weight excluding hydrogens is 336 g/mol. The van der Waals surface area contributed by atoms with Crippen LogP contribution in [0, 0.1) is 5.92 Å². The number of allylic oxidation sites excluding steroid dienone is 1. The summed E-state index contributed by atoms with van der Waals surface area (Å²) in [6.45, 7) is 0.561. The van der Waals surface area contributed by atoms with Crippen molar-refractivity contribution < 1.29 is 14.7 Å². The van der Waals surface area contributed by atoms with Gasteiger partial charge in [0.05, 0.1) is 6.54 Å². The Kier molecular flexibility index (Phi) is 5.91. The van der Waals surface area contributed by atoms with Gasteiger partial charge in [-0.2, -0.15) is 0 Å². The van der Waals surface area contributed by atoms with Gasteiger partial charge in [0.1, 0.15) is 5.60 Å². The molecule has 0 saturated heterocycles. The Morgan fingerprint density at radius 2 is 2.04 bits per heavy atom. The summed E-state index contributed by atoms with van der Waals surface area (Å²) in [6, 6.07) is 3.77. The van der Waals surface area contributed by atoms with Crippen LogP contribution in [0.5, 0.6) is 0 Å². The molecule has 0 unspecified atom stereocenters. The molecule has 1 atom stereocenters. The molecular formula is C19H26N2O3S. The topological polar surface area (TPSA) is 78.4 Å². The monoisotopic (exact) mass is 362 g/mol. The zero-order valence-electron chi connectivity index (χ0n) is 14.4. The average Bonchev–Trinajstić information content (AvgIpc) is 3.35. The minimum Gasteiger partial charge on any atom is -0.382 e. The lowest BCUT2D eigenvalue weighted by Crippen LogP contribution is -2.47. The first-order valence-electron chi connectivity index (χ1n) is 9.10. The maximum absolute atomic E-state index is 12.0. The van der Waals surface area contributed by atoms with Gasteiger partial charge in [-0.1, -0.05) is 17.7 Å². The fraction of sp³-hybridized carbons (Fsp3) is 0.579. The summed E-state index contributed by atoms with van der Waals surface area (Å²) in [5, 5.41) is 18.1. The molecule has 6 heteroatoms. The number of aliphatic hydroxyl groups is 1. The molecule has 0 bridgehead atoms. The van der Waals surface area contributed by atoms with Crippen LogP contribution in [-0.4, -0.2) is 30.0 Å². The molecule has 0 spiro atoms. The standard InChI is InChI=1S/C19H26N2O3S/c22-17(20-11-10-14-5-2-1-3-6-14)18(23)21-13-19(24,15-8-9-15)16-7-4-12-25-16/h4-5,7,12,15,24H,1-3,6,8-11,13H2,(H,20,22)(H,21,23)/t19-/m0/s1. The van der Waals surface area contributed by atoms with Crippen LogP contribution in [0.3, 0.4) is 0 Å². The van der Waals surface area contributed by atoms with Gasteiger partial charge in [0.15, 0.2) is 0 Å². The maximum atomic E-state index is 12.0. The zero-order valence-corrected chi connectivity index (χ0v) is 15.2. The highest BCUT2D eigenvalue weighted by atomic mass is 32.1. The van der Waals surface area contributed by atoms with Gasteiger partial charge in [0, 0.05) is 11.4 Å². The van der Waals surface area contributed by atoms with E-state index in [9.17, 15) is 14.7 Å². The minimum absolute atomic E-state index is 0.0790. The van der Waals surface area contributed by atoms with Gasteiger partial charge in [-0.3, -0.25) is 9.59 Å². The van der Waals surface area contributed by atoms with Gasteiger partial charge < -0.3 is 15.7 Å². The first kappa shape index (κ1) is 18.1. The van der Waals surface area contributed by atoms with E-state index in [-0.39, 0.29) is 12.5 Å². The summed E-state index contributed by atoms with van der Waals surface area (Å²) in [5.41, 5.74) is 0.310. The van der Waals surface area contributed by atoms with E-state index in [4.69, 9.17) is 0 Å². The van der Waals surface area contributed by atoms with Crippen LogP contribution in [-0.2, 0) is 15.2 Å². The van der Waals surface area contributed by atoms with Crippen molar-refractivity contribution in [3.63, 3.8) is 0 Å². The van der Waals surface area contributed by atoms with Crippen molar-refractivity contribution >= 4 is 23.2 Å². The molecule has 1 fully saturated rings. The van der Waals surface area contributed by atoms with E-state index in [1.54, 1.807) is 0 Å². The lowest BCUT2D eigenvalue weighted by molar-refractivity contribution is -0.140. The average molecular weight is 362 g/mol. The normalized spacial score (nSPS) is 19.6. The Hall–Kier alpha value is -1.66. The molecule has 2 amide bonds. The number of hydrogen-bond acceptors (Lipinski definition) is 4. The maximum Gasteiger partial charge on any atom is 0.309 e. The second-order valence-corrected chi connectivity index (χ2v) is 7.92. The van der Waals surface area contributed by atoms with E-state index in [0.29, 0.717) is 6.54 Å². The molecule has 3 N–H and O–H groups in total. The largest absolute Gasteiger partial charge is 0.382 e. The Balaban J connectivity index is 1.44. The number of carbonyl (C=O) groups excluding carboxylic acids is 2. The third-order valence-electron chi connectivity index (χ3n) is 5.04. The summed E-state index contributed by atoms with van der Waals surface area (Å²) in [7, 11) is 0. The van der Waals surface area contributed by atoms with Crippen LogP contribution >= 0.6 is 11.3 Å². The summed E-state index contributed by atoms with van der Waals surface area (Å²) in [6.07, 6.45) is 9.61. The summed E-state index contributed by atoms with van der Waals surface area (Å²) in [5.74, 6) is -1.14. The number of hydrogen-bond donors (Lipinski definition) is 3. The van der Waals surface area contributed by atoms with Crippen LogP contribution in [0.15, 0.2) is 29.2 Å². The van der Waals surface area contributed by atoms with Gasteiger partial charge >= 0.3 is 11.8 Å². The van der Waals surface area contributed by atoms with Gasteiger partial charge in [0.25, 0.3) is 0 Å². The van der Waals surface area contributed by atoms with Crippen LogP contribution in [0.1, 0.15) is 49.8 Å². The lowest BCUT2D eigenvalue weighted by atomic mass is 9.95. The van der Waals surface area contributed by atoms with Crippen molar-refractivity contribution in [2.24, 2.45) is 5.92 Å². The Morgan fingerprint density at radius 3 is 2.68 bits per heavy atom. The molecule has 0 aliphatic heterocycles. The quantitative estimate of drug-likeness (QED) is 0.515. The summed E-state index contributed by atoms with van der Waals surface area (Å²) < 4.78 is 0. The lowest BCUT2D eigenvalue weighted by Gasteiger charge is -2.27. The highest BCUT2D eigenvalue weighted by molar-refractivity contribution is 7.10. The first-order chi connectivity index (χ1) is 12.1. The third-order valence-corrected chi connectivity index (χ3v) is 6.08. The van der Waals surface area contributed by atoms with Crippen molar-refractivity contribution in [2.45, 2.75) is 50.5 Å². The molecule has 2 aliphatic carbocycles. The molecule has 1 saturated carbocycles. The Bertz CT molecular complexity index is 637. The fourth-order valence-corrected chi connectivity index (χ4v) is 4.27. The first-order valence-corrected chi connectivity index (χ1v) is 9.98. The molecule has 2 aliphatic rings.